The highest BCUT2D eigenvalue weighted by Gasteiger charge is 2.39. The lowest BCUT2D eigenvalue weighted by molar-refractivity contribution is -0.137. The molecule has 0 heterocycles. The molecule has 0 bridgehead atoms. The molecule has 0 spiro atoms. The lowest BCUT2D eigenvalue weighted by atomic mass is 9.97. The average molecular weight is 265 g/mol. The van der Waals surface area contributed by atoms with E-state index in [9.17, 15) is 4.79 Å². The molecule has 0 aromatic carbocycles. The van der Waals surface area contributed by atoms with Crippen molar-refractivity contribution in [3.8, 4) is 0 Å². The third kappa shape index (κ3) is 4.45. The second-order valence-corrected chi connectivity index (χ2v) is 4.44. The summed E-state index contributed by atoms with van der Waals surface area (Å²) in [6.45, 7) is 6.61. The van der Waals surface area contributed by atoms with Crippen molar-refractivity contribution in [2.24, 2.45) is 5.73 Å². The number of rotatable bonds is 6. The Hall–Kier alpha value is -0.320. The summed E-state index contributed by atoms with van der Waals surface area (Å²) in [4.78, 5) is 14.1. The number of ether oxygens (including phenoxy) is 1. The average Bonchev–Trinajstić information content (AvgIpc) is 2.72. The van der Waals surface area contributed by atoms with Gasteiger partial charge in [0.15, 0.2) is 0 Å². The first-order chi connectivity index (χ1) is 7.64. The van der Waals surface area contributed by atoms with Gasteiger partial charge in [-0.3, -0.25) is 4.79 Å². The van der Waals surface area contributed by atoms with Crippen molar-refractivity contribution in [2.75, 3.05) is 26.3 Å². The SMILES string of the molecule is CCOCCN(CC)C(=O)C1(N)CCCC1.Cl. The second-order valence-electron chi connectivity index (χ2n) is 4.44. The molecule has 17 heavy (non-hydrogen) atoms. The Bertz CT molecular complexity index is 231. The van der Waals surface area contributed by atoms with Crippen molar-refractivity contribution in [1.29, 1.82) is 0 Å². The number of carbonyl (C=O) groups excluding carboxylic acids is 1. The summed E-state index contributed by atoms with van der Waals surface area (Å²) in [5.41, 5.74) is 5.56. The van der Waals surface area contributed by atoms with Crippen molar-refractivity contribution in [1.82, 2.24) is 4.90 Å². The molecule has 1 aliphatic rings. The maximum Gasteiger partial charge on any atom is 0.242 e. The first-order valence-corrected chi connectivity index (χ1v) is 6.30. The fraction of sp³-hybridized carbons (Fsp3) is 0.917. The summed E-state index contributed by atoms with van der Waals surface area (Å²) < 4.78 is 5.28. The van der Waals surface area contributed by atoms with Gasteiger partial charge in [-0.15, -0.1) is 12.4 Å². The van der Waals surface area contributed by atoms with Gasteiger partial charge in [-0.05, 0) is 26.7 Å². The van der Waals surface area contributed by atoms with E-state index >= 15 is 0 Å². The van der Waals surface area contributed by atoms with Crippen molar-refractivity contribution >= 4 is 18.3 Å². The van der Waals surface area contributed by atoms with Crippen LogP contribution in [0.1, 0.15) is 39.5 Å². The molecule has 0 aliphatic heterocycles. The molecule has 1 amide bonds. The molecule has 0 atom stereocenters. The summed E-state index contributed by atoms with van der Waals surface area (Å²) in [6.07, 6.45) is 3.81. The van der Waals surface area contributed by atoms with Gasteiger partial charge in [-0.2, -0.15) is 0 Å². The predicted molar refractivity (Wildman–Crippen MR) is 71.4 cm³/mol. The fourth-order valence-corrected chi connectivity index (χ4v) is 2.26. The van der Waals surface area contributed by atoms with Gasteiger partial charge >= 0.3 is 0 Å². The third-order valence-corrected chi connectivity index (χ3v) is 3.30. The zero-order valence-electron chi connectivity index (χ0n) is 10.9. The van der Waals surface area contributed by atoms with Gasteiger partial charge in [0.1, 0.15) is 0 Å². The molecule has 1 saturated carbocycles. The minimum absolute atomic E-state index is 0. The number of nitrogens with zero attached hydrogens (tertiary/aromatic N) is 1. The normalized spacial score (nSPS) is 17.6. The van der Waals surface area contributed by atoms with Gasteiger partial charge in [-0.25, -0.2) is 0 Å². The molecule has 0 unspecified atom stereocenters. The maximum absolute atomic E-state index is 12.2. The first kappa shape index (κ1) is 16.7. The number of nitrogens with two attached hydrogens (primary N) is 1. The summed E-state index contributed by atoms with van der Waals surface area (Å²) in [5.74, 6) is 0.104. The van der Waals surface area contributed by atoms with Gasteiger partial charge in [0, 0.05) is 19.7 Å². The predicted octanol–water partition coefficient (Wildman–Crippen LogP) is 1.56. The van der Waals surface area contributed by atoms with E-state index in [1.165, 1.54) is 0 Å². The highest BCUT2D eigenvalue weighted by Crippen LogP contribution is 2.28. The summed E-state index contributed by atoms with van der Waals surface area (Å²) in [5, 5.41) is 0. The molecule has 1 fully saturated rings. The molecule has 0 radical (unpaired) electrons. The van der Waals surface area contributed by atoms with Gasteiger partial charge in [0.25, 0.3) is 0 Å². The molecule has 1 aliphatic carbocycles. The molecular weight excluding hydrogens is 240 g/mol. The number of hydrogen-bond donors (Lipinski definition) is 1. The van der Waals surface area contributed by atoms with Crippen LogP contribution in [0.4, 0.5) is 0 Å². The Morgan fingerprint density at radius 2 is 1.94 bits per heavy atom. The van der Waals surface area contributed by atoms with Crippen molar-refractivity contribution in [3.63, 3.8) is 0 Å². The Morgan fingerprint density at radius 3 is 2.41 bits per heavy atom. The number of likely N-dealkylation sites (N-methyl/N-ethyl adjacent to an activating group) is 1. The zero-order chi connectivity index (χ0) is 12.0. The Kier molecular flexibility index (Phi) is 7.75. The topological polar surface area (TPSA) is 55.6 Å². The second kappa shape index (κ2) is 7.90. The molecule has 2 N–H and O–H groups in total. The third-order valence-electron chi connectivity index (χ3n) is 3.30. The van der Waals surface area contributed by atoms with Crippen LogP contribution in [-0.2, 0) is 9.53 Å². The van der Waals surface area contributed by atoms with Crippen LogP contribution in [0.15, 0.2) is 0 Å². The molecule has 5 heteroatoms. The highest BCUT2D eigenvalue weighted by molar-refractivity contribution is 5.86. The van der Waals surface area contributed by atoms with E-state index < -0.39 is 5.54 Å². The minimum atomic E-state index is -0.595. The Labute approximate surface area is 110 Å². The van der Waals surface area contributed by atoms with Crippen LogP contribution in [0.5, 0.6) is 0 Å². The van der Waals surface area contributed by atoms with Crippen LogP contribution in [-0.4, -0.2) is 42.6 Å². The minimum Gasteiger partial charge on any atom is -0.380 e. The maximum atomic E-state index is 12.2. The zero-order valence-corrected chi connectivity index (χ0v) is 11.7. The van der Waals surface area contributed by atoms with E-state index in [-0.39, 0.29) is 18.3 Å². The van der Waals surface area contributed by atoms with E-state index in [1.807, 2.05) is 18.7 Å². The van der Waals surface area contributed by atoms with E-state index in [0.29, 0.717) is 26.3 Å². The molecule has 4 nitrogen and oxygen atoms in total. The summed E-state index contributed by atoms with van der Waals surface area (Å²) in [6, 6.07) is 0. The van der Waals surface area contributed by atoms with Crippen LogP contribution in [0.3, 0.4) is 0 Å². The van der Waals surface area contributed by atoms with E-state index in [1.54, 1.807) is 0 Å². The molecule has 0 aromatic rings. The molecule has 102 valence electrons. The molecule has 0 aromatic heterocycles. The lowest BCUT2D eigenvalue weighted by Gasteiger charge is -2.30. The van der Waals surface area contributed by atoms with Crippen molar-refractivity contribution in [2.45, 2.75) is 45.1 Å². The van der Waals surface area contributed by atoms with Crippen LogP contribution >= 0.6 is 12.4 Å². The Balaban J connectivity index is 0.00000256. The van der Waals surface area contributed by atoms with Gasteiger partial charge in [-0.1, -0.05) is 12.8 Å². The Morgan fingerprint density at radius 1 is 1.35 bits per heavy atom. The largest absolute Gasteiger partial charge is 0.380 e. The van der Waals surface area contributed by atoms with Crippen LogP contribution in [0.25, 0.3) is 0 Å². The smallest absolute Gasteiger partial charge is 0.242 e. The molecule has 0 saturated heterocycles. The van der Waals surface area contributed by atoms with E-state index in [2.05, 4.69) is 0 Å². The summed E-state index contributed by atoms with van der Waals surface area (Å²) in [7, 11) is 0. The standard InChI is InChI=1S/C12H24N2O2.ClH/c1-3-14(9-10-16-4-2)11(15)12(13)7-5-6-8-12;/h3-10,13H2,1-2H3;1H. The monoisotopic (exact) mass is 264 g/mol. The number of halogens is 1. The highest BCUT2D eigenvalue weighted by atomic mass is 35.5. The fourth-order valence-electron chi connectivity index (χ4n) is 2.26. The van der Waals surface area contributed by atoms with Gasteiger partial charge in [0.2, 0.25) is 5.91 Å². The van der Waals surface area contributed by atoms with Crippen molar-refractivity contribution < 1.29 is 9.53 Å². The van der Waals surface area contributed by atoms with Gasteiger partial charge < -0.3 is 15.4 Å². The molecular formula is C12H25ClN2O2. The number of carbonyl (C=O) groups is 1. The van der Waals surface area contributed by atoms with Crippen LogP contribution in [0.2, 0.25) is 0 Å². The van der Waals surface area contributed by atoms with Crippen LogP contribution < -0.4 is 5.73 Å². The molecule has 1 rings (SSSR count). The van der Waals surface area contributed by atoms with Gasteiger partial charge in [0.05, 0.1) is 12.1 Å². The van der Waals surface area contributed by atoms with E-state index in [0.717, 1.165) is 25.7 Å². The number of amides is 1. The quantitative estimate of drug-likeness (QED) is 0.741. The van der Waals surface area contributed by atoms with Crippen LogP contribution in [0, 0.1) is 0 Å². The first-order valence-electron chi connectivity index (χ1n) is 6.30. The summed E-state index contributed by atoms with van der Waals surface area (Å²) >= 11 is 0. The lowest BCUT2D eigenvalue weighted by Crippen LogP contribution is -2.54. The van der Waals surface area contributed by atoms with Crippen molar-refractivity contribution in [3.05, 3.63) is 0 Å². The number of hydrogen-bond acceptors (Lipinski definition) is 3. The van der Waals surface area contributed by atoms with E-state index in [4.69, 9.17) is 10.5 Å².